The number of cyclic esters (lactones) is 1. The van der Waals surface area contributed by atoms with Gasteiger partial charge in [-0.3, -0.25) is 14.5 Å². The highest BCUT2D eigenvalue weighted by atomic mass is 19.1. The third-order valence-electron chi connectivity index (χ3n) is 8.13. The largest absolute Gasteiger partial charge is 0.487 e. The van der Waals surface area contributed by atoms with Gasteiger partial charge in [0.05, 0.1) is 23.5 Å². The number of benzene rings is 2. The number of aryl methyl sites for hydroxylation is 1. The Balaban J connectivity index is 1.36. The second-order valence-corrected chi connectivity index (χ2v) is 10.8. The van der Waals surface area contributed by atoms with Gasteiger partial charge in [-0.15, -0.1) is 0 Å². The maximum absolute atomic E-state index is 15.8. The lowest BCUT2D eigenvalue weighted by Crippen LogP contribution is -2.43. The molecule has 1 saturated heterocycles. The Hall–Kier alpha value is -4.45. The molecule has 0 spiro atoms. The maximum Gasteiger partial charge on any atom is 0.414 e. The van der Waals surface area contributed by atoms with Crippen molar-refractivity contribution in [3.8, 4) is 5.75 Å². The summed E-state index contributed by atoms with van der Waals surface area (Å²) in [4.78, 5) is 52.2. The van der Waals surface area contributed by atoms with Crippen LogP contribution in [0.25, 0.3) is 10.9 Å². The van der Waals surface area contributed by atoms with Crippen molar-refractivity contribution in [1.29, 1.82) is 0 Å². The molecule has 12 heteroatoms. The minimum absolute atomic E-state index is 0.0344. The van der Waals surface area contributed by atoms with Crippen LogP contribution in [0.5, 0.6) is 5.75 Å². The minimum atomic E-state index is -1.37. The average Bonchev–Trinajstić information content (AvgIpc) is 3.19. The molecule has 2 aromatic carbocycles. The van der Waals surface area contributed by atoms with E-state index in [0.29, 0.717) is 37.1 Å². The lowest BCUT2D eigenvalue weighted by Gasteiger charge is -2.32. The van der Waals surface area contributed by atoms with E-state index in [1.165, 1.54) is 18.0 Å². The fourth-order valence-electron chi connectivity index (χ4n) is 5.91. The van der Waals surface area contributed by atoms with Gasteiger partial charge in [0.25, 0.3) is 0 Å². The van der Waals surface area contributed by atoms with E-state index in [4.69, 9.17) is 15.2 Å². The quantitative estimate of drug-likeness (QED) is 0.478. The number of nitrogens with two attached hydrogens (primary N) is 1. The predicted octanol–water partition coefficient (Wildman–Crippen LogP) is 2.99. The number of ketones is 1. The molecular weight excluding hydrogens is 535 g/mol. The summed E-state index contributed by atoms with van der Waals surface area (Å²) in [5, 5.41) is 9.50. The average molecular weight is 565 g/mol. The van der Waals surface area contributed by atoms with E-state index in [0.717, 1.165) is 17.2 Å². The molecule has 1 amide bonds. The van der Waals surface area contributed by atoms with E-state index in [-0.39, 0.29) is 41.8 Å². The number of carbonyl (C=O) groups excluding carboxylic acids is 2. The summed E-state index contributed by atoms with van der Waals surface area (Å²) < 4.78 is 28.8. The molecule has 3 aromatic rings. The Labute approximate surface area is 233 Å². The maximum atomic E-state index is 15.8. The van der Waals surface area contributed by atoms with E-state index in [2.05, 4.69) is 0 Å². The van der Waals surface area contributed by atoms with Gasteiger partial charge in [-0.2, -0.15) is 0 Å². The number of carboxylic acid groups (broad SMARTS) is 1. The number of anilines is 2. The number of hydrogen-bond donors (Lipinski definition) is 2. The van der Waals surface area contributed by atoms with E-state index in [9.17, 15) is 24.3 Å². The number of aromatic carboxylic acids is 1. The van der Waals surface area contributed by atoms with Crippen LogP contribution in [0.15, 0.2) is 35.3 Å². The summed E-state index contributed by atoms with van der Waals surface area (Å²) in [7, 11) is 0. The number of carboxylic acids is 1. The summed E-state index contributed by atoms with van der Waals surface area (Å²) in [5.41, 5.74) is 7.88. The van der Waals surface area contributed by atoms with E-state index in [1.54, 1.807) is 10.6 Å². The van der Waals surface area contributed by atoms with Crippen LogP contribution in [-0.2, 0) is 22.5 Å². The third kappa shape index (κ3) is 4.38. The number of amides is 1. The van der Waals surface area contributed by atoms with Crippen LogP contribution in [0.1, 0.15) is 47.8 Å². The molecular formula is C29H29FN4O7. The van der Waals surface area contributed by atoms with Crippen LogP contribution in [0.3, 0.4) is 0 Å². The molecule has 4 heterocycles. The summed E-state index contributed by atoms with van der Waals surface area (Å²) >= 11 is 0. The molecule has 1 aromatic heterocycles. The van der Waals surface area contributed by atoms with Crippen molar-refractivity contribution in [1.82, 2.24) is 4.57 Å². The number of hydrogen-bond acceptors (Lipinski definition) is 8. The first-order chi connectivity index (χ1) is 19.5. The van der Waals surface area contributed by atoms with E-state index >= 15 is 4.39 Å². The van der Waals surface area contributed by atoms with E-state index in [1.807, 2.05) is 24.0 Å². The van der Waals surface area contributed by atoms with Gasteiger partial charge >= 0.3 is 12.1 Å². The Bertz CT molecular complexity index is 1690. The monoisotopic (exact) mass is 564 g/mol. The SMILES string of the molecule is CC(=O)C(N)C1CN(c2ccc3c(c2)CCCN(c2c(F)cc4c(=O)c(C(=O)O)cn5c4c2OCC5C)C3)C(=O)O1. The second-order valence-electron chi connectivity index (χ2n) is 10.8. The van der Waals surface area contributed by atoms with Crippen LogP contribution in [0, 0.1) is 5.82 Å². The predicted molar refractivity (Wildman–Crippen MR) is 147 cm³/mol. The van der Waals surface area contributed by atoms with Crippen molar-refractivity contribution >= 4 is 40.1 Å². The Morgan fingerprint density at radius 2 is 1.98 bits per heavy atom. The lowest BCUT2D eigenvalue weighted by atomic mass is 10.0. The summed E-state index contributed by atoms with van der Waals surface area (Å²) in [6.45, 7) is 4.40. The highest BCUT2D eigenvalue weighted by Crippen LogP contribution is 2.43. The van der Waals surface area contributed by atoms with E-state index < -0.39 is 41.0 Å². The first kappa shape index (κ1) is 26.8. The molecule has 6 rings (SSSR count). The zero-order valence-electron chi connectivity index (χ0n) is 22.6. The molecule has 1 fully saturated rings. The molecule has 0 radical (unpaired) electrons. The van der Waals surface area contributed by atoms with Gasteiger partial charge in [0, 0.05) is 25.0 Å². The molecule has 3 N–H and O–H groups in total. The van der Waals surface area contributed by atoms with Crippen molar-refractivity contribution in [2.75, 3.05) is 29.5 Å². The fraction of sp³-hybridized carbons (Fsp3) is 0.379. The highest BCUT2D eigenvalue weighted by Gasteiger charge is 2.38. The Morgan fingerprint density at radius 1 is 1.20 bits per heavy atom. The molecule has 11 nitrogen and oxygen atoms in total. The number of halogens is 1. The van der Waals surface area contributed by atoms with Crippen LogP contribution in [0.4, 0.5) is 20.6 Å². The normalized spacial score (nSPS) is 20.7. The number of rotatable bonds is 5. The first-order valence-corrected chi connectivity index (χ1v) is 13.4. The van der Waals surface area contributed by atoms with Crippen molar-refractivity contribution < 1.29 is 33.4 Å². The standard InChI is InChI=1S/C29H29FN4O7/c1-14-13-40-27-24-19(26(36)20(28(37)38)11-33(14)24)9-21(30)25(27)32-7-3-4-16-8-18(6-5-17(16)10-32)34-12-22(41-29(34)39)23(31)15(2)35/h5-6,8-9,11,14,22-23H,3-4,7,10,12-13,31H2,1-2H3,(H,37,38). The van der Waals surface area contributed by atoms with Gasteiger partial charge in [-0.1, -0.05) is 6.07 Å². The van der Waals surface area contributed by atoms with Gasteiger partial charge < -0.3 is 29.8 Å². The molecule has 41 heavy (non-hydrogen) atoms. The fourth-order valence-corrected chi connectivity index (χ4v) is 5.91. The number of aromatic nitrogens is 1. The Kier molecular flexibility index (Phi) is 6.45. The van der Waals surface area contributed by atoms with Gasteiger partial charge in [-0.25, -0.2) is 14.0 Å². The molecule has 214 valence electrons. The molecule has 0 saturated carbocycles. The van der Waals surface area contributed by atoms with Crippen molar-refractivity contribution in [3.05, 3.63) is 63.2 Å². The number of Topliss-reactive ketones (excluding diaryl/α,β-unsaturated/α-hetero) is 1. The van der Waals surface area contributed by atoms with Crippen LogP contribution >= 0.6 is 0 Å². The molecule has 3 aliphatic heterocycles. The summed E-state index contributed by atoms with van der Waals surface area (Å²) in [6, 6.07) is 5.54. The molecule has 3 aliphatic rings. The van der Waals surface area contributed by atoms with Crippen molar-refractivity contribution in [2.45, 2.75) is 51.4 Å². The number of ether oxygens (including phenoxy) is 2. The molecule has 3 unspecified atom stereocenters. The molecule has 0 aliphatic carbocycles. The van der Waals surface area contributed by atoms with Crippen molar-refractivity contribution in [3.63, 3.8) is 0 Å². The lowest BCUT2D eigenvalue weighted by molar-refractivity contribution is -0.120. The summed E-state index contributed by atoms with van der Waals surface area (Å²) in [5.74, 6) is -2.07. The first-order valence-electron chi connectivity index (χ1n) is 13.4. The molecule has 3 atom stereocenters. The topological polar surface area (TPSA) is 144 Å². The number of nitrogens with zero attached hydrogens (tertiary/aromatic N) is 3. The zero-order chi connectivity index (χ0) is 29.2. The van der Waals surface area contributed by atoms with Crippen LogP contribution in [0.2, 0.25) is 0 Å². The smallest absolute Gasteiger partial charge is 0.414 e. The third-order valence-corrected chi connectivity index (χ3v) is 8.13. The van der Waals surface area contributed by atoms with Gasteiger partial charge in [0.1, 0.15) is 35.8 Å². The summed E-state index contributed by atoms with van der Waals surface area (Å²) in [6.07, 6.45) is 1.36. The second kappa shape index (κ2) is 9.88. The van der Waals surface area contributed by atoms with Crippen LogP contribution in [-0.4, -0.2) is 59.4 Å². The molecule has 0 bridgehead atoms. The van der Waals surface area contributed by atoms with Crippen molar-refractivity contribution in [2.24, 2.45) is 5.73 Å². The number of pyridine rings is 1. The Morgan fingerprint density at radius 3 is 2.71 bits per heavy atom. The minimum Gasteiger partial charge on any atom is -0.487 e. The van der Waals surface area contributed by atoms with Crippen LogP contribution < -0.4 is 25.7 Å². The number of fused-ring (bicyclic) bond motifs is 1. The van der Waals surface area contributed by atoms with Gasteiger partial charge in [-0.05, 0) is 56.0 Å². The van der Waals surface area contributed by atoms with Gasteiger partial charge in [0.2, 0.25) is 5.43 Å². The highest BCUT2D eigenvalue weighted by molar-refractivity contribution is 5.97. The number of carbonyl (C=O) groups is 3. The zero-order valence-corrected chi connectivity index (χ0v) is 22.6. The van der Waals surface area contributed by atoms with Gasteiger partial charge in [0.15, 0.2) is 11.6 Å².